The molecule has 0 saturated heterocycles. The smallest absolute Gasteiger partial charge is 0.370 e. The first kappa shape index (κ1) is 89.8. The van der Waals surface area contributed by atoms with Crippen LogP contribution in [-0.4, -0.2) is 194 Å². The number of fused-ring (bicyclic) bond motifs is 2. The van der Waals surface area contributed by atoms with Crippen LogP contribution in [0.25, 0.3) is 5.57 Å². The van der Waals surface area contributed by atoms with Crippen LogP contribution < -0.4 is 30.0 Å². The lowest BCUT2D eigenvalue weighted by atomic mass is 9.77. The number of anilines is 1. The van der Waals surface area contributed by atoms with Gasteiger partial charge >= 0.3 is 27.4 Å². The van der Waals surface area contributed by atoms with Crippen molar-refractivity contribution in [2.75, 3.05) is 123 Å². The minimum atomic E-state index is -6.14. The summed E-state index contributed by atoms with van der Waals surface area (Å²) in [5.74, 6) is -3.57. The van der Waals surface area contributed by atoms with Crippen LogP contribution in [0.1, 0.15) is 99.2 Å². The summed E-state index contributed by atoms with van der Waals surface area (Å²) in [7, 11) is -17.2. The van der Waals surface area contributed by atoms with Crippen LogP contribution in [0.2, 0.25) is 0 Å². The van der Waals surface area contributed by atoms with E-state index >= 15 is 18.0 Å². The molecule has 1 amide bonds. The van der Waals surface area contributed by atoms with E-state index in [9.17, 15) is 32.7 Å². The van der Waals surface area contributed by atoms with Crippen molar-refractivity contribution >= 4 is 87.9 Å². The number of carbonyl (C=O) groups is 3. The van der Waals surface area contributed by atoms with Crippen LogP contribution in [0, 0.1) is 19.8 Å². The van der Waals surface area contributed by atoms with E-state index in [1.807, 2.05) is 75.7 Å². The molecule has 6 aromatic rings. The van der Waals surface area contributed by atoms with Gasteiger partial charge in [-0.25, -0.2) is 18.7 Å². The number of nitrogens with two attached hydrogens (primary N) is 1. The third kappa shape index (κ3) is 22.2. The summed E-state index contributed by atoms with van der Waals surface area (Å²) in [6.45, 7) is 12.6. The number of pyridine rings is 1. The van der Waals surface area contributed by atoms with Crippen LogP contribution in [0.5, 0.6) is 11.5 Å². The van der Waals surface area contributed by atoms with Gasteiger partial charge < -0.3 is 68.3 Å². The normalized spacial score (nSPS) is 14.7. The number of nitrogens with zero attached hydrogens (tertiary/aromatic N) is 5. The van der Waals surface area contributed by atoms with E-state index < -0.39 is 133 Å². The third-order valence-electron chi connectivity index (χ3n) is 18.9. The number of aromatic nitrogens is 1. The van der Waals surface area contributed by atoms with Gasteiger partial charge in [0, 0.05) is 87.2 Å². The van der Waals surface area contributed by atoms with Gasteiger partial charge in [0.2, 0.25) is 5.91 Å². The topological polar surface area (TPSA) is 366 Å². The van der Waals surface area contributed by atoms with E-state index in [1.165, 1.54) is 45.9 Å². The molecular weight excluding hydrogens is 1540 g/mol. The minimum absolute atomic E-state index is 0.0348. The Hall–Kier alpha value is -7.78. The molecule has 33 heteroatoms. The molecule has 5 aromatic carbocycles. The number of aliphatic hydroxyl groups is 1. The minimum Gasteiger partial charge on any atom is -0.497 e. The lowest BCUT2D eigenvalue weighted by molar-refractivity contribution is -0.683. The number of benzene rings is 5. The molecule has 1 aromatic heterocycles. The Balaban J connectivity index is 1.38. The highest BCUT2D eigenvalue weighted by molar-refractivity contribution is 7.98. The van der Waals surface area contributed by atoms with Gasteiger partial charge in [0.05, 0.1) is 77.1 Å². The second-order valence-corrected chi connectivity index (χ2v) is 33.8. The van der Waals surface area contributed by atoms with E-state index in [2.05, 4.69) is 23.7 Å². The highest BCUT2D eigenvalue weighted by Gasteiger charge is 2.58. The maximum atomic E-state index is 15.8. The van der Waals surface area contributed by atoms with Crippen molar-refractivity contribution in [3.8, 4) is 11.5 Å². The SMILES string of the molecule is CCOC(=O)C(COC(c1ccccc1)(c1ccc(OC)cc1)c1ccc(OC)cc1)(OP(O)(=NS(=O)(=O)c1ccc(C2=C3C=CC(=[N+](CC)CC)C=C3Cc3cc(N(CC)CC)ccc32)c(S(=O)(=O)O)c1)OCC(COP(O)(=Nc1cc(C)[n+](C)c(C)c1)OCC(CO)COCCCN)NC(=O)CCSC)C(=O)OCC. The third-order valence-corrected chi connectivity index (χ3v) is 25.4. The molecule has 4 unspecified atom stereocenters. The fourth-order valence-corrected chi connectivity index (χ4v) is 18.7. The van der Waals surface area contributed by atoms with Gasteiger partial charge in [-0.05, 0) is 166 Å². The summed E-state index contributed by atoms with van der Waals surface area (Å²) in [6, 6.07) is 32.0. The number of ether oxygens (including phenoxy) is 6. The second kappa shape index (κ2) is 41.0. The predicted octanol–water partition coefficient (Wildman–Crippen LogP) is 10.6. The number of nitrogens with one attached hydrogen (secondary N) is 1. The van der Waals surface area contributed by atoms with Crippen LogP contribution in [-0.2, 0) is 90.6 Å². The van der Waals surface area contributed by atoms with Gasteiger partial charge in [-0.15, -0.1) is 0 Å². The Bertz CT molecular complexity index is 4680. The molecule has 0 bridgehead atoms. The molecule has 8 rings (SSSR count). The first-order chi connectivity index (χ1) is 53.5. The summed E-state index contributed by atoms with van der Waals surface area (Å²) in [5, 5.41) is 13.2. The Labute approximate surface area is 661 Å². The number of aliphatic hydroxyl groups excluding tert-OH is 1. The molecule has 0 fully saturated rings. The van der Waals surface area contributed by atoms with Crippen molar-refractivity contribution in [1.82, 2.24) is 5.32 Å². The number of hydrogen-bond acceptors (Lipinski definition) is 22. The quantitative estimate of drug-likeness (QED) is 0.00394. The number of thioether (sulfide) groups is 1. The summed E-state index contributed by atoms with van der Waals surface area (Å²) < 4.78 is 145. The molecule has 0 spiro atoms. The standard InChI is InChI=1S/C79H103N7O21P2S3/c1-13-85(14-2)65-29-36-70-58(46-65)45-59-47-66(86(15-3)16-4)30-37-71(59)75(70)72-38-35-69(48-73(72)112(95,96)97)111(93,94)83-109(92,106-53-64(81-74(88)39-42-110-12)52-105-108(91,82-63-43-55(7)84(9)56(8)44-63)104-51-57(49-87)50-100-41-22-40-80)107-78(76(89)101-17-5,77(90)102-18-6)54-103-79(60-23-20-19-21-24-60,61-25-31-67(98-10)32-26-61)62-27-33-68(99-11)34-28-62/h19-21,23-38,43-44,46-48,57,64,87H,13-18,22,39-42,45,49-54,80H2,1-12H3,(H2-2,81,88,91,92,95,96,97)/p+2. The maximum absolute atomic E-state index is 15.8. The Morgan fingerprint density at radius 3 is 1.87 bits per heavy atom. The van der Waals surface area contributed by atoms with Gasteiger partial charge in [0.25, 0.3) is 25.7 Å². The van der Waals surface area contributed by atoms with Crippen molar-refractivity contribution in [3.63, 3.8) is 0 Å². The van der Waals surface area contributed by atoms with Crippen molar-refractivity contribution in [2.45, 2.75) is 102 Å². The molecule has 608 valence electrons. The number of carbonyl (C=O) groups excluding carboxylic acids is 3. The largest absolute Gasteiger partial charge is 0.497 e. The number of esters is 2. The van der Waals surface area contributed by atoms with Gasteiger partial charge in [0.1, 0.15) is 48.7 Å². The average molecular weight is 1650 g/mol. The first-order valence-electron chi connectivity index (χ1n) is 36.8. The van der Waals surface area contributed by atoms with E-state index in [-0.39, 0.29) is 36.6 Å². The van der Waals surface area contributed by atoms with Crippen molar-refractivity contribution < 1.29 is 106 Å². The van der Waals surface area contributed by atoms with E-state index in [4.69, 9.17) is 52.2 Å². The monoisotopic (exact) mass is 1650 g/mol. The molecular formula is C79H105N7O21P2S3+2. The van der Waals surface area contributed by atoms with Gasteiger partial charge in [-0.1, -0.05) is 70.9 Å². The summed E-state index contributed by atoms with van der Waals surface area (Å²) in [6.07, 6.45) is 8.30. The van der Waals surface area contributed by atoms with E-state index in [0.717, 1.165) is 28.6 Å². The van der Waals surface area contributed by atoms with Crippen LogP contribution >= 0.6 is 27.2 Å². The number of aryl methyl sites for hydroxylation is 2. The van der Waals surface area contributed by atoms with E-state index in [1.54, 1.807) is 111 Å². The first-order valence-corrected chi connectivity index (χ1v) is 44.2. The van der Waals surface area contributed by atoms with Crippen molar-refractivity contribution in [2.24, 2.45) is 27.6 Å². The molecule has 112 heavy (non-hydrogen) atoms. The molecule has 0 saturated carbocycles. The zero-order valence-corrected chi connectivity index (χ0v) is 69.6. The van der Waals surface area contributed by atoms with E-state index in [0.29, 0.717) is 108 Å². The van der Waals surface area contributed by atoms with Gasteiger partial charge in [-0.2, -0.15) is 33.3 Å². The lowest BCUT2D eigenvalue weighted by Gasteiger charge is -2.39. The summed E-state index contributed by atoms with van der Waals surface area (Å²) in [4.78, 5) is 71.8. The molecule has 1 heterocycles. The number of hydrogen-bond donors (Lipinski definition) is 6. The molecule has 7 N–H and O–H groups in total. The van der Waals surface area contributed by atoms with Crippen molar-refractivity contribution in [3.05, 3.63) is 202 Å². The second-order valence-electron chi connectivity index (χ2n) is 26.2. The fourth-order valence-electron chi connectivity index (χ4n) is 12.8. The Kier molecular flexibility index (Phi) is 32.8. The number of amides is 1. The molecule has 2 aliphatic rings. The number of methoxy groups -OCH3 is 2. The zero-order valence-electron chi connectivity index (χ0n) is 65.4. The zero-order chi connectivity index (χ0) is 81.6. The molecule has 2 aliphatic carbocycles. The highest BCUT2D eigenvalue weighted by atomic mass is 32.2. The van der Waals surface area contributed by atoms with Gasteiger partial charge in [0.15, 0.2) is 17.1 Å². The maximum Gasteiger partial charge on any atom is 0.370 e. The predicted molar refractivity (Wildman–Crippen MR) is 430 cm³/mol. The summed E-state index contributed by atoms with van der Waals surface area (Å²) >= 11 is 1.32. The molecule has 28 nitrogen and oxygen atoms in total. The lowest BCUT2D eigenvalue weighted by Crippen LogP contribution is -2.56. The molecule has 4 atom stereocenters. The van der Waals surface area contributed by atoms with Gasteiger partial charge in [-0.3, -0.25) is 18.4 Å². The van der Waals surface area contributed by atoms with Crippen LogP contribution in [0.4, 0.5) is 11.4 Å². The average Bonchev–Trinajstić information content (AvgIpc) is 0.739. The summed E-state index contributed by atoms with van der Waals surface area (Å²) in [5.41, 5.74) is 7.67. The Morgan fingerprint density at radius 1 is 0.741 bits per heavy atom. The Morgan fingerprint density at radius 2 is 1.32 bits per heavy atom. The van der Waals surface area contributed by atoms with Crippen LogP contribution in [0.3, 0.4) is 0 Å². The fraction of sp³-hybridized carbons (Fsp3) is 0.430. The number of rotatable bonds is 43. The number of sulfonamides is 1. The van der Waals surface area contributed by atoms with Crippen molar-refractivity contribution in [1.29, 1.82) is 0 Å². The molecule has 0 radical (unpaired) electrons. The highest BCUT2D eigenvalue weighted by Crippen LogP contribution is 2.56. The number of allylic oxidation sites excluding steroid dienone is 5. The molecule has 0 aliphatic heterocycles. The van der Waals surface area contributed by atoms with Crippen LogP contribution in [0.15, 0.2) is 175 Å².